The first kappa shape index (κ1) is 18.1. The van der Waals surface area contributed by atoms with E-state index >= 15 is 0 Å². The maximum Gasteiger partial charge on any atom is 0.398 e. The van der Waals surface area contributed by atoms with Gasteiger partial charge in [0.1, 0.15) is 11.6 Å². The maximum atomic E-state index is 13.3. The molecule has 4 nitrogen and oxygen atoms in total. The fourth-order valence-electron chi connectivity index (χ4n) is 3.50. The number of benzene rings is 1. The summed E-state index contributed by atoms with van der Waals surface area (Å²) in [7, 11) is 0. The second kappa shape index (κ2) is 6.13. The summed E-state index contributed by atoms with van der Waals surface area (Å²) in [6.45, 7) is 2.53. The Balaban J connectivity index is 1.78. The Morgan fingerprint density at radius 2 is 1.96 bits per heavy atom. The van der Waals surface area contributed by atoms with Gasteiger partial charge in [0, 0.05) is 17.9 Å². The molecule has 1 unspecified atom stereocenters. The predicted molar refractivity (Wildman–Crippen MR) is 95.5 cm³/mol. The molecule has 1 aliphatic heterocycles. The number of halogens is 3. The van der Waals surface area contributed by atoms with Crippen molar-refractivity contribution in [3.05, 3.63) is 45.7 Å². The molecule has 2 aliphatic rings. The summed E-state index contributed by atoms with van der Waals surface area (Å²) in [5, 5.41) is 10.0. The van der Waals surface area contributed by atoms with Crippen LogP contribution in [-0.4, -0.2) is 21.5 Å². The molecule has 0 saturated heterocycles. The van der Waals surface area contributed by atoms with Crippen molar-refractivity contribution in [2.24, 2.45) is 5.92 Å². The van der Waals surface area contributed by atoms with Gasteiger partial charge in [-0.05, 0) is 24.3 Å². The fraction of sp³-hybridized carbons (Fsp3) is 0.421. The molecule has 1 aromatic carbocycles. The van der Waals surface area contributed by atoms with Gasteiger partial charge in [-0.1, -0.05) is 43.0 Å². The van der Waals surface area contributed by atoms with E-state index in [2.05, 4.69) is 4.98 Å². The van der Waals surface area contributed by atoms with Gasteiger partial charge in [0.05, 0.1) is 11.1 Å². The van der Waals surface area contributed by atoms with Crippen LogP contribution >= 0.6 is 11.8 Å². The monoisotopic (exact) mass is 391 g/mol. The van der Waals surface area contributed by atoms with Crippen LogP contribution in [0.25, 0.3) is 11.3 Å². The van der Waals surface area contributed by atoms with Crippen molar-refractivity contribution in [3.63, 3.8) is 0 Å². The first-order valence-corrected chi connectivity index (χ1v) is 9.61. The molecule has 0 N–H and O–H groups in total. The Bertz CT molecular complexity index is 1000. The second-order valence-corrected chi connectivity index (χ2v) is 8.21. The number of thioether (sulfide) groups is 1. The van der Waals surface area contributed by atoms with Crippen LogP contribution in [0.1, 0.15) is 30.9 Å². The molecule has 0 bridgehead atoms. The first-order valence-electron chi connectivity index (χ1n) is 8.62. The second-order valence-electron chi connectivity index (χ2n) is 7.22. The topological polar surface area (TPSA) is 58.7 Å². The van der Waals surface area contributed by atoms with E-state index in [-0.39, 0.29) is 29.7 Å². The highest BCUT2D eigenvalue weighted by atomic mass is 32.2. The Labute approximate surface area is 158 Å². The number of fused-ring (bicyclic) bond motifs is 1. The minimum absolute atomic E-state index is 0.0712. The lowest BCUT2D eigenvalue weighted by atomic mass is 9.93. The largest absolute Gasteiger partial charge is 0.398 e. The molecule has 1 atom stereocenters. The average Bonchev–Trinajstić information content (AvgIpc) is 3.44. The van der Waals surface area contributed by atoms with E-state index in [0.717, 1.165) is 5.75 Å². The van der Waals surface area contributed by atoms with E-state index in [1.54, 1.807) is 0 Å². The molecule has 0 radical (unpaired) electrons. The minimum atomic E-state index is -4.28. The average molecular weight is 391 g/mol. The van der Waals surface area contributed by atoms with Gasteiger partial charge in [-0.25, -0.2) is 4.98 Å². The summed E-state index contributed by atoms with van der Waals surface area (Å²) < 4.78 is 41.4. The number of nitrogens with zero attached hydrogens (tertiary/aromatic N) is 3. The van der Waals surface area contributed by atoms with E-state index in [9.17, 15) is 23.2 Å². The summed E-state index contributed by atoms with van der Waals surface area (Å²) in [5.41, 5.74) is -1.28. The highest BCUT2D eigenvalue weighted by molar-refractivity contribution is 7.99. The molecule has 1 aliphatic carbocycles. The van der Waals surface area contributed by atoms with E-state index in [1.807, 2.05) is 13.0 Å². The Kier molecular flexibility index (Phi) is 4.11. The molecular formula is C19H16F3N3OS. The summed E-state index contributed by atoms with van der Waals surface area (Å²) in [5.74, 6) is 1.13. The van der Waals surface area contributed by atoms with E-state index in [4.69, 9.17) is 0 Å². The molecular weight excluding hydrogens is 375 g/mol. The number of aromatic nitrogens is 2. The molecule has 140 valence electrons. The number of hydrogen-bond donors (Lipinski definition) is 0. The standard InChI is InChI=1S/C19H16F3N3OS/c1-11-9-25-16(26)14(8-23)15(24-17(25)27-10-11)12-2-4-13(5-3-12)18(6-7-18)19(20,21)22/h2-5,11H,6-7,9-10H2,1H3. The molecule has 27 heavy (non-hydrogen) atoms. The third-order valence-electron chi connectivity index (χ3n) is 5.24. The molecule has 8 heteroatoms. The van der Waals surface area contributed by atoms with Gasteiger partial charge < -0.3 is 0 Å². The molecule has 1 fully saturated rings. The molecule has 0 amide bonds. The molecule has 1 saturated carbocycles. The molecule has 0 spiro atoms. The van der Waals surface area contributed by atoms with Gasteiger partial charge in [0.25, 0.3) is 5.56 Å². The van der Waals surface area contributed by atoms with E-state index in [0.29, 0.717) is 23.2 Å². The molecule has 2 aromatic rings. The lowest BCUT2D eigenvalue weighted by Crippen LogP contribution is -2.32. The number of nitriles is 1. The summed E-state index contributed by atoms with van der Waals surface area (Å²) in [4.78, 5) is 17.2. The van der Waals surface area contributed by atoms with Crippen LogP contribution in [0.2, 0.25) is 0 Å². The lowest BCUT2D eigenvalue weighted by Gasteiger charge is -2.23. The molecule has 2 heterocycles. The Morgan fingerprint density at radius 1 is 1.30 bits per heavy atom. The predicted octanol–water partition coefficient (Wildman–Crippen LogP) is 4.12. The van der Waals surface area contributed by atoms with E-state index < -0.39 is 17.2 Å². The van der Waals surface area contributed by atoms with Crippen LogP contribution in [-0.2, 0) is 12.0 Å². The van der Waals surface area contributed by atoms with Crippen molar-refractivity contribution in [1.29, 1.82) is 5.26 Å². The summed E-state index contributed by atoms with van der Waals surface area (Å²) in [6, 6.07) is 7.84. The van der Waals surface area contributed by atoms with Crippen LogP contribution < -0.4 is 5.56 Å². The number of rotatable bonds is 2. The number of hydrogen-bond acceptors (Lipinski definition) is 4. The lowest BCUT2D eigenvalue weighted by molar-refractivity contribution is -0.160. The Hall–Kier alpha value is -2.27. The SMILES string of the molecule is CC1CSc2nc(-c3ccc(C4(C(F)(F)F)CC4)cc3)c(C#N)c(=O)n2C1. The third-order valence-corrected chi connectivity index (χ3v) is 6.55. The van der Waals surface area contributed by atoms with Crippen molar-refractivity contribution in [3.8, 4) is 17.3 Å². The summed E-state index contributed by atoms with van der Waals surface area (Å²) >= 11 is 1.45. The summed E-state index contributed by atoms with van der Waals surface area (Å²) in [6.07, 6.45) is -4.10. The van der Waals surface area contributed by atoms with Gasteiger partial charge in [-0.3, -0.25) is 9.36 Å². The Morgan fingerprint density at radius 3 is 2.52 bits per heavy atom. The van der Waals surface area contributed by atoms with Crippen LogP contribution in [0.4, 0.5) is 13.2 Å². The number of alkyl halides is 3. The quantitative estimate of drug-likeness (QED) is 0.723. The van der Waals surface area contributed by atoms with E-state index in [1.165, 1.54) is 40.6 Å². The smallest absolute Gasteiger partial charge is 0.286 e. The van der Waals surface area contributed by atoms with Crippen LogP contribution in [0, 0.1) is 17.2 Å². The zero-order valence-corrected chi connectivity index (χ0v) is 15.3. The highest BCUT2D eigenvalue weighted by Crippen LogP contribution is 2.58. The normalized spacial score (nSPS) is 20.6. The van der Waals surface area contributed by atoms with Crippen molar-refractivity contribution in [2.75, 3.05) is 5.75 Å². The van der Waals surface area contributed by atoms with Crippen molar-refractivity contribution in [1.82, 2.24) is 9.55 Å². The van der Waals surface area contributed by atoms with Crippen LogP contribution in [0.5, 0.6) is 0 Å². The molecule has 1 aromatic heterocycles. The van der Waals surface area contributed by atoms with Gasteiger partial charge in [-0.15, -0.1) is 0 Å². The van der Waals surface area contributed by atoms with Gasteiger partial charge >= 0.3 is 6.18 Å². The zero-order valence-electron chi connectivity index (χ0n) is 14.5. The van der Waals surface area contributed by atoms with Crippen LogP contribution in [0.15, 0.2) is 34.2 Å². The van der Waals surface area contributed by atoms with Gasteiger partial charge in [0.2, 0.25) is 0 Å². The van der Waals surface area contributed by atoms with Crippen molar-refractivity contribution >= 4 is 11.8 Å². The first-order chi connectivity index (χ1) is 12.8. The zero-order chi connectivity index (χ0) is 19.4. The third kappa shape index (κ3) is 2.85. The van der Waals surface area contributed by atoms with Crippen molar-refractivity contribution < 1.29 is 13.2 Å². The van der Waals surface area contributed by atoms with Crippen molar-refractivity contribution in [2.45, 2.75) is 43.1 Å². The maximum absolute atomic E-state index is 13.3. The van der Waals surface area contributed by atoms with Crippen LogP contribution in [0.3, 0.4) is 0 Å². The highest BCUT2D eigenvalue weighted by Gasteiger charge is 2.64. The minimum Gasteiger partial charge on any atom is -0.286 e. The van der Waals surface area contributed by atoms with Gasteiger partial charge in [0.15, 0.2) is 5.16 Å². The fourth-order valence-corrected chi connectivity index (χ4v) is 4.51. The van der Waals surface area contributed by atoms with Gasteiger partial charge in [-0.2, -0.15) is 18.4 Å². The molecule has 4 rings (SSSR count).